The molecule has 0 saturated heterocycles. The van der Waals surface area contributed by atoms with E-state index in [-0.39, 0.29) is 17.2 Å². The van der Waals surface area contributed by atoms with E-state index < -0.39 is 12.0 Å². The van der Waals surface area contributed by atoms with Gasteiger partial charge in [-0.25, -0.2) is 0 Å². The normalized spacial score (nSPS) is 16.4. The maximum absolute atomic E-state index is 12.7. The summed E-state index contributed by atoms with van der Waals surface area (Å²) in [6.07, 6.45) is 2.82. The first-order valence-electron chi connectivity index (χ1n) is 8.20. The zero-order valence-electron chi connectivity index (χ0n) is 15.0. The molecule has 3 heterocycles. The number of carbonyl (C=O) groups excluding carboxylic acids is 1. The molecule has 1 amide bonds. The van der Waals surface area contributed by atoms with Gasteiger partial charge < -0.3 is 10.6 Å². The van der Waals surface area contributed by atoms with E-state index >= 15 is 0 Å². The molecule has 1 aliphatic rings. The Labute approximate surface area is 145 Å². The van der Waals surface area contributed by atoms with Crippen molar-refractivity contribution in [2.24, 2.45) is 0 Å². The predicted octanol–water partition coefficient (Wildman–Crippen LogP) is 2.12. The minimum Gasteiger partial charge on any atom is -0.350 e. The van der Waals surface area contributed by atoms with Crippen LogP contribution in [0.2, 0.25) is 7.85 Å². The molecule has 0 bridgehead atoms. The summed E-state index contributed by atoms with van der Waals surface area (Å²) in [5, 5.41) is 13.0. The van der Waals surface area contributed by atoms with Gasteiger partial charge in [-0.05, 0) is 40.8 Å². The Morgan fingerprint density at radius 1 is 1.50 bits per heavy atom. The van der Waals surface area contributed by atoms with Crippen LogP contribution in [0, 0.1) is 0 Å². The number of hydrogen-bond donors (Lipinski definition) is 2. The number of aromatic nitrogens is 5. The van der Waals surface area contributed by atoms with Crippen LogP contribution in [0.25, 0.3) is 11.4 Å². The molecule has 0 unspecified atom stereocenters. The molecule has 8 nitrogen and oxygen atoms in total. The molecule has 0 spiro atoms. The number of carbonyl (C=O) groups is 1. The average Bonchev–Trinajstić information content (AvgIpc) is 3.17. The van der Waals surface area contributed by atoms with Gasteiger partial charge in [0.2, 0.25) is 5.82 Å². The van der Waals surface area contributed by atoms with Crippen molar-refractivity contribution >= 4 is 34.6 Å². The van der Waals surface area contributed by atoms with E-state index in [1.165, 1.54) is 29.2 Å². The first-order valence-corrected chi connectivity index (χ1v) is 7.18. The van der Waals surface area contributed by atoms with Crippen LogP contribution >= 0.6 is 11.6 Å². The lowest BCUT2D eigenvalue weighted by molar-refractivity contribution is -0.111. The third-order valence-electron chi connectivity index (χ3n) is 3.18. The number of rotatable bonds is 2. The Bertz CT molecular complexity index is 1070. The molecule has 24 heavy (non-hydrogen) atoms. The fraction of sp³-hybridized carbons (Fsp3) is 0. The summed E-state index contributed by atoms with van der Waals surface area (Å²) >= 11 is 6.02. The number of hydrogen-bond acceptors (Lipinski definition) is 6. The number of nitrogens with one attached hydrogen (secondary N) is 2. The maximum atomic E-state index is 12.7. The van der Waals surface area contributed by atoms with E-state index in [2.05, 4.69) is 20.5 Å². The van der Waals surface area contributed by atoms with Crippen molar-refractivity contribution < 1.29 is 8.99 Å². The highest BCUT2D eigenvalue weighted by Crippen LogP contribution is 2.32. The zero-order valence-corrected chi connectivity index (χ0v) is 12.7. The third kappa shape index (κ3) is 2.59. The van der Waals surface area contributed by atoms with Crippen LogP contribution in [0.15, 0.2) is 48.8 Å². The van der Waals surface area contributed by atoms with Gasteiger partial charge in [-0.3, -0.25) is 9.78 Å². The van der Waals surface area contributed by atoms with E-state index in [0.717, 1.165) is 5.31 Å². The number of nitrogens with zero attached hydrogens (tertiary/aromatic N) is 5. The highest BCUT2D eigenvalue weighted by molar-refractivity contribution is 6.31. The number of fused-ring (bicyclic) bond motifs is 3. The first-order chi connectivity index (χ1) is 13.0. The Morgan fingerprint density at radius 3 is 3.25 bits per heavy atom. The van der Waals surface area contributed by atoms with E-state index in [9.17, 15) is 4.79 Å². The lowest BCUT2D eigenvalue weighted by atomic mass is 10.2. The third-order valence-corrected chi connectivity index (χ3v) is 3.42. The van der Waals surface area contributed by atoms with Crippen molar-refractivity contribution in [3.05, 3.63) is 59.6 Å². The number of halogens is 1. The smallest absolute Gasteiger partial charge is 0.250 e. The molecule has 1 aliphatic heterocycles. The molecule has 2 aromatic heterocycles. The van der Waals surface area contributed by atoms with E-state index in [1.807, 2.05) is 0 Å². The second-order valence-corrected chi connectivity index (χ2v) is 5.20. The van der Waals surface area contributed by atoms with E-state index in [4.69, 9.17) is 15.8 Å². The minimum absolute atomic E-state index is 0.0396. The summed E-state index contributed by atoms with van der Waals surface area (Å²) in [7, 11) is 0. The molecule has 9 heteroatoms. The molecule has 0 aliphatic carbocycles. The predicted molar refractivity (Wildman–Crippen MR) is 88.6 cm³/mol. The summed E-state index contributed by atoms with van der Waals surface area (Å²) in [5.41, 5.74) is 0.797. The second kappa shape index (κ2) is 5.74. The summed E-state index contributed by atoms with van der Waals surface area (Å²) < 4.78 is 26.0. The number of benzene rings is 1. The average molecular weight is 343 g/mol. The zero-order chi connectivity index (χ0) is 19.1. The molecular weight excluding hydrogens is 330 g/mol. The van der Waals surface area contributed by atoms with Gasteiger partial charge in [0, 0.05) is 17.3 Å². The van der Waals surface area contributed by atoms with Crippen molar-refractivity contribution in [3.8, 4) is 5.69 Å². The van der Waals surface area contributed by atoms with Gasteiger partial charge in [0.25, 0.3) is 5.91 Å². The minimum atomic E-state index is -0.963. The number of pyridine rings is 1. The van der Waals surface area contributed by atoms with Crippen molar-refractivity contribution in [1.82, 2.24) is 25.2 Å². The summed E-state index contributed by atoms with van der Waals surface area (Å²) in [4.78, 5) is 16.5. The van der Waals surface area contributed by atoms with Gasteiger partial charge in [0.1, 0.15) is 0 Å². The monoisotopic (exact) mass is 342 g/mol. The number of amides is 1. The van der Waals surface area contributed by atoms with Gasteiger partial charge in [-0.15, -0.1) is 5.10 Å². The summed E-state index contributed by atoms with van der Waals surface area (Å²) in [5.74, 6) is -0.923. The maximum Gasteiger partial charge on any atom is 0.250 e. The highest BCUT2D eigenvalue weighted by Gasteiger charge is 2.23. The van der Waals surface area contributed by atoms with Gasteiger partial charge in [-0.1, -0.05) is 11.6 Å². The second-order valence-electron chi connectivity index (χ2n) is 4.76. The van der Waals surface area contributed by atoms with Crippen LogP contribution in [0.3, 0.4) is 0 Å². The van der Waals surface area contributed by atoms with Crippen LogP contribution in [0.4, 0.5) is 11.4 Å². The number of anilines is 2. The fourth-order valence-corrected chi connectivity index (χ4v) is 2.35. The molecule has 0 saturated carbocycles. The first kappa shape index (κ1) is 11.3. The molecule has 3 aromatic rings. The SMILES string of the molecule is [2H]/C(C(=O)N([2H])c1cccnc1)=C1\c2nnnn2-c2ccc(Cl)cc2N1[2H]. The van der Waals surface area contributed by atoms with Crippen LogP contribution in [0.1, 0.15) is 7.20 Å². The van der Waals surface area contributed by atoms with Crippen LogP contribution in [-0.2, 0) is 4.79 Å². The van der Waals surface area contributed by atoms with E-state index in [1.54, 1.807) is 18.2 Å². The molecule has 0 fully saturated rings. The van der Waals surface area contributed by atoms with Crippen molar-refractivity contribution in [1.29, 1.82) is 0 Å². The van der Waals surface area contributed by atoms with Crippen molar-refractivity contribution in [2.75, 3.05) is 10.6 Å². The Kier molecular flexibility index (Phi) is 2.71. The lowest BCUT2D eigenvalue weighted by Gasteiger charge is -2.20. The standard InChI is InChI=1S/C15H10ClN7O/c16-9-3-4-13-11(6-9)19-12(15-20-21-22-23(13)15)7-14(24)18-10-2-1-5-17-8-10/h1-8,19H,(H,18,24)/b12-7-/i7D/hD2. The Morgan fingerprint density at radius 2 is 2.42 bits per heavy atom. The molecule has 118 valence electrons. The Balaban J connectivity index is 1.84. The molecule has 0 radical (unpaired) electrons. The van der Waals surface area contributed by atoms with Crippen molar-refractivity contribution in [2.45, 2.75) is 0 Å². The topological polar surface area (TPSA) is 97.6 Å². The lowest BCUT2D eigenvalue weighted by Crippen LogP contribution is -2.18. The van der Waals surface area contributed by atoms with Gasteiger partial charge >= 0.3 is 0 Å². The quantitative estimate of drug-likeness (QED) is 0.692. The molecule has 2 N–H and O–H groups in total. The molecule has 0 atom stereocenters. The molecule has 1 aromatic carbocycles. The Hall–Kier alpha value is -3.26. The van der Waals surface area contributed by atoms with Gasteiger partial charge in [0.15, 0.2) is 2.82 Å². The van der Waals surface area contributed by atoms with Crippen LogP contribution in [0.5, 0.6) is 0 Å². The fourth-order valence-electron chi connectivity index (χ4n) is 2.18. The van der Waals surface area contributed by atoms with Crippen molar-refractivity contribution in [3.63, 3.8) is 0 Å². The molecular formula is C15H10ClN7O. The summed E-state index contributed by atoms with van der Waals surface area (Å²) in [6, 6.07) is 7.21. The van der Waals surface area contributed by atoms with Gasteiger partial charge in [0.05, 0.1) is 30.3 Å². The number of tetrazole rings is 1. The van der Waals surface area contributed by atoms with E-state index in [0.29, 0.717) is 21.7 Å². The molecule has 4 rings (SSSR count). The largest absolute Gasteiger partial charge is 0.350 e. The highest BCUT2D eigenvalue weighted by atomic mass is 35.5. The van der Waals surface area contributed by atoms with Crippen LogP contribution < -0.4 is 10.6 Å². The van der Waals surface area contributed by atoms with Gasteiger partial charge in [-0.2, -0.15) is 4.68 Å². The van der Waals surface area contributed by atoms with Crippen LogP contribution in [-0.4, -0.2) is 31.1 Å². The summed E-state index contributed by atoms with van der Waals surface area (Å²) in [6.45, 7) is 0.